The second kappa shape index (κ2) is 11.5. The predicted molar refractivity (Wildman–Crippen MR) is 138 cm³/mol. The van der Waals surface area contributed by atoms with Gasteiger partial charge in [-0.3, -0.25) is 9.69 Å². The molecule has 0 bridgehead atoms. The number of halogens is 7. The third-order valence-corrected chi connectivity index (χ3v) is 7.18. The van der Waals surface area contributed by atoms with Crippen LogP contribution >= 0.6 is 0 Å². The van der Waals surface area contributed by atoms with Crippen molar-refractivity contribution in [2.75, 3.05) is 50.8 Å². The van der Waals surface area contributed by atoms with Crippen LogP contribution in [-0.4, -0.2) is 73.6 Å². The SMILES string of the molecule is Cc1c(F)c(N)cc(-c2nc3c(c(NC[C@@H]4CC(F)(F)CN4C)c2F)C(=O)NCCNCC[C@H](C)O3)c1C(F)(F)F. The van der Waals surface area contributed by atoms with E-state index in [2.05, 4.69) is 20.9 Å². The molecule has 5 N–H and O–H groups in total. The van der Waals surface area contributed by atoms with Crippen molar-refractivity contribution < 1.29 is 40.3 Å². The molecule has 1 fully saturated rings. The Kier molecular flexibility index (Phi) is 8.60. The van der Waals surface area contributed by atoms with Crippen molar-refractivity contribution in [2.24, 2.45) is 0 Å². The first-order valence-electron chi connectivity index (χ1n) is 13.0. The molecule has 0 radical (unpaired) electrons. The standard InChI is InChI=1S/C26H31F7N6O2/c1-12-4-5-35-6-7-36-23(40)17-22(37-10-14-9-25(29,30)11-39(14)3)20(28)21(38-24(17)41-12)15-8-16(34)19(27)13(2)18(15)26(31,32)33/h8,12,14,35H,4-7,9-11,34H2,1-3H3,(H,36,40)(H,37,38)/t12-,14-/m0/s1. The number of hydrogen-bond donors (Lipinski definition) is 4. The van der Waals surface area contributed by atoms with Gasteiger partial charge < -0.3 is 26.4 Å². The number of rotatable bonds is 4. The number of nitrogen functional groups attached to an aromatic ring is 1. The second-order valence-electron chi connectivity index (χ2n) is 10.4. The molecule has 1 aromatic carbocycles. The van der Waals surface area contributed by atoms with E-state index in [4.69, 9.17) is 10.5 Å². The predicted octanol–water partition coefficient (Wildman–Crippen LogP) is 4.18. The quantitative estimate of drug-likeness (QED) is 0.312. The smallest absolute Gasteiger partial charge is 0.417 e. The zero-order valence-corrected chi connectivity index (χ0v) is 22.6. The lowest BCUT2D eigenvalue weighted by molar-refractivity contribution is -0.137. The summed E-state index contributed by atoms with van der Waals surface area (Å²) in [5.74, 6) is -7.02. The molecule has 1 saturated heterocycles. The summed E-state index contributed by atoms with van der Waals surface area (Å²) in [5.41, 5.74) is -0.195. The lowest BCUT2D eigenvalue weighted by atomic mass is 9.95. The molecular formula is C26H31F7N6O2. The van der Waals surface area contributed by atoms with Crippen LogP contribution in [0.5, 0.6) is 5.88 Å². The van der Waals surface area contributed by atoms with Crippen LogP contribution < -0.4 is 26.4 Å². The van der Waals surface area contributed by atoms with Crippen LogP contribution in [0.3, 0.4) is 0 Å². The number of nitrogens with zero attached hydrogens (tertiary/aromatic N) is 2. The number of hydrogen-bond acceptors (Lipinski definition) is 7. The number of likely N-dealkylation sites (tertiary alicyclic amines) is 1. The summed E-state index contributed by atoms with van der Waals surface area (Å²) in [4.78, 5) is 18.6. The van der Waals surface area contributed by atoms with Gasteiger partial charge in [-0.15, -0.1) is 0 Å². The molecule has 226 valence electrons. The van der Waals surface area contributed by atoms with E-state index < -0.39 is 100.0 Å². The molecule has 0 spiro atoms. The third kappa shape index (κ3) is 6.45. The van der Waals surface area contributed by atoms with Crippen LogP contribution in [0.2, 0.25) is 0 Å². The van der Waals surface area contributed by atoms with Crippen LogP contribution in [0.15, 0.2) is 6.07 Å². The van der Waals surface area contributed by atoms with Gasteiger partial charge in [-0.05, 0) is 45.5 Å². The summed E-state index contributed by atoms with van der Waals surface area (Å²) in [6.45, 7) is 2.64. The van der Waals surface area contributed by atoms with Crippen LogP contribution in [0.4, 0.5) is 42.1 Å². The van der Waals surface area contributed by atoms with Crippen molar-refractivity contribution in [1.29, 1.82) is 0 Å². The lowest BCUT2D eigenvalue weighted by Crippen LogP contribution is -2.34. The number of carbonyl (C=O) groups excluding carboxylic acids is 1. The number of amides is 1. The number of carbonyl (C=O) groups is 1. The number of likely N-dealkylation sites (N-methyl/N-ethyl adjacent to an activating group) is 1. The molecule has 2 aliphatic rings. The summed E-state index contributed by atoms with van der Waals surface area (Å²) in [6.07, 6.45) is -5.91. The number of fused-ring (bicyclic) bond motifs is 1. The van der Waals surface area contributed by atoms with Crippen LogP contribution in [-0.2, 0) is 6.18 Å². The number of aromatic nitrogens is 1. The van der Waals surface area contributed by atoms with E-state index in [9.17, 15) is 31.1 Å². The minimum Gasteiger partial charge on any atom is -0.474 e. The molecule has 2 aromatic rings. The maximum absolute atomic E-state index is 16.3. The van der Waals surface area contributed by atoms with Crippen LogP contribution in [0.25, 0.3) is 11.3 Å². The number of nitrogens with two attached hydrogens (primary N) is 1. The first-order chi connectivity index (χ1) is 19.1. The minimum absolute atomic E-state index is 0.124. The Morgan fingerprint density at radius 1 is 1.22 bits per heavy atom. The molecule has 3 heterocycles. The van der Waals surface area contributed by atoms with Crippen LogP contribution in [0, 0.1) is 18.6 Å². The van der Waals surface area contributed by atoms with E-state index in [0.29, 0.717) is 25.6 Å². The number of anilines is 2. The maximum atomic E-state index is 16.3. The van der Waals surface area contributed by atoms with Gasteiger partial charge in [-0.2, -0.15) is 13.2 Å². The molecular weight excluding hydrogens is 561 g/mol. The molecule has 1 aromatic heterocycles. The number of pyridine rings is 1. The fourth-order valence-corrected chi connectivity index (χ4v) is 5.09. The summed E-state index contributed by atoms with van der Waals surface area (Å²) in [6, 6.07) is -0.169. The van der Waals surface area contributed by atoms with Gasteiger partial charge in [0.05, 0.1) is 29.6 Å². The van der Waals surface area contributed by atoms with Gasteiger partial charge in [0.15, 0.2) is 5.82 Å². The third-order valence-electron chi connectivity index (χ3n) is 7.18. The van der Waals surface area contributed by atoms with Gasteiger partial charge in [-0.1, -0.05) is 0 Å². The van der Waals surface area contributed by atoms with Gasteiger partial charge in [-0.25, -0.2) is 22.5 Å². The molecule has 0 saturated carbocycles. The van der Waals surface area contributed by atoms with Crippen molar-refractivity contribution in [3.8, 4) is 17.1 Å². The topological polar surface area (TPSA) is 105 Å². The molecule has 15 heteroatoms. The van der Waals surface area contributed by atoms with Gasteiger partial charge in [0, 0.05) is 37.7 Å². The van der Waals surface area contributed by atoms with E-state index in [1.807, 2.05) is 0 Å². The van der Waals surface area contributed by atoms with Crippen molar-refractivity contribution in [3.63, 3.8) is 0 Å². The molecule has 2 atom stereocenters. The van der Waals surface area contributed by atoms with E-state index in [1.54, 1.807) is 6.92 Å². The minimum atomic E-state index is -5.14. The van der Waals surface area contributed by atoms with Crippen molar-refractivity contribution in [3.05, 3.63) is 34.4 Å². The van der Waals surface area contributed by atoms with Crippen molar-refractivity contribution in [1.82, 2.24) is 20.5 Å². The van der Waals surface area contributed by atoms with Crippen molar-refractivity contribution in [2.45, 2.75) is 50.9 Å². The monoisotopic (exact) mass is 592 g/mol. The molecule has 1 amide bonds. The fourth-order valence-electron chi connectivity index (χ4n) is 5.09. The Bertz CT molecular complexity index is 1320. The van der Waals surface area contributed by atoms with Gasteiger partial charge >= 0.3 is 6.18 Å². The first kappa shape index (κ1) is 30.6. The number of nitrogens with one attached hydrogen (secondary N) is 3. The highest BCUT2D eigenvalue weighted by Crippen LogP contribution is 2.44. The van der Waals surface area contributed by atoms with E-state index in [0.717, 1.165) is 6.92 Å². The summed E-state index contributed by atoms with van der Waals surface area (Å²) < 4.78 is 107. The van der Waals surface area contributed by atoms with E-state index in [1.165, 1.54) is 11.9 Å². The number of alkyl halides is 5. The number of benzene rings is 1. The average Bonchev–Trinajstić information content (AvgIpc) is 3.12. The zero-order chi connectivity index (χ0) is 30.3. The van der Waals surface area contributed by atoms with Gasteiger partial charge in [0.25, 0.3) is 11.8 Å². The second-order valence-corrected chi connectivity index (χ2v) is 10.4. The molecule has 0 aliphatic carbocycles. The summed E-state index contributed by atoms with van der Waals surface area (Å²) in [5, 5.41) is 8.34. The normalized spacial score (nSPS) is 22.0. The largest absolute Gasteiger partial charge is 0.474 e. The fraction of sp³-hybridized carbons (Fsp3) is 0.538. The Labute approximate surface area is 231 Å². The Morgan fingerprint density at radius 2 is 1.93 bits per heavy atom. The highest BCUT2D eigenvalue weighted by molar-refractivity contribution is 6.03. The van der Waals surface area contributed by atoms with Gasteiger partial charge in [0.2, 0.25) is 5.88 Å². The molecule has 4 rings (SSSR count). The molecule has 41 heavy (non-hydrogen) atoms. The summed E-state index contributed by atoms with van der Waals surface area (Å²) >= 11 is 0. The lowest BCUT2D eigenvalue weighted by Gasteiger charge is -2.24. The Morgan fingerprint density at radius 3 is 2.56 bits per heavy atom. The van der Waals surface area contributed by atoms with E-state index >= 15 is 4.39 Å². The Balaban J connectivity index is 1.95. The highest BCUT2D eigenvalue weighted by Gasteiger charge is 2.44. The number of ether oxygens (including phenoxy) is 1. The zero-order valence-electron chi connectivity index (χ0n) is 22.6. The van der Waals surface area contributed by atoms with Gasteiger partial charge in [0.1, 0.15) is 17.1 Å². The molecule has 0 unspecified atom stereocenters. The highest BCUT2D eigenvalue weighted by atomic mass is 19.4. The Hall–Kier alpha value is -3.33. The molecule has 8 nitrogen and oxygen atoms in total. The van der Waals surface area contributed by atoms with Crippen LogP contribution in [0.1, 0.15) is 41.3 Å². The average molecular weight is 593 g/mol. The van der Waals surface area contributed by atoms with Crippen molar-refractivity contribution >= 4 is 17.3 Å². The first-order valence-corrected chi connectivity index (χ1v) is 13.0. The maximum Gasteiger partial charge on any atom is 0.417 e. The molecule has 2 aliphatic heterocycles. The van der Waals surface area contributed by atoms with E-state index in [-0.39, 0.29) is 13.1 Å². The summed E-state index contributed by atoms with van der Waals surface area (Å²) in [7, 11) is 1.45.